The van der Waals surface area contributed by atoms with E-state index in [0.29, 0.717) is 5.56 Å². The third-order valence-corrected chi connectivity index (χ3v) is 4.59. The van der Waals surface area contributed by atoms with Gasteiger partial charge in [-0.05, 0) is 44.0 Å². The number of aromatic nitrogens is 2. The van der Waals surface area contributed by atoms with Gasteiger partial charge in [0.2, 0.25) is 5.88 Å². The van der Waals surface area contributed by atoms with Crippen LogP contribution < -0.4 is 10.1 Å². The molecular formula is C23H24FN3O4. The monoisotopic (exact) mass is 425 g/mol. The number of amides is 1. The molecule has 1 heterocycles. The Kier molecular flexibility index (Phi) is 6.69. The third-order valence-electron chi connectivity index (χ3n) is 4.59. The van der Waals surface area contributed by atoms with E-state index >= 15 is 0 Å². The van der Waals surface area contributed by atoms with Crippen molar-refractivity contribution in [2.45, 2.75) is 39.3 Å². The zero-order valence-corrected chi connectivity index (χ0v) is 17.5. The summed E-state index contributed by atoms with van der Waals surface area (Å²) in [4.78, 5) is 24.3. The van der Waals surface area contributed by atoms with Crippen molar-refractivity contribution in [1.29, 1.82) is 0 Å². The van der Waals surface area contributed by atoms with E-state index < -0.39 is 23.7 Å². The zero-order chi connectivity index (χ0) is 22.5. The molecular weight excluding hydrogens is 401 g/mol. The number of carboxylic acid groups (broad SMARTS) is 1. The quantitative estimate of drug-likeness (QED) is 0.568. The molecule has 31 heavy (non-hydrogen) atoms. The topological polar surface area (TPSA) is 93.5 Å². The molecule has 7 nitrogen and oxygen atoms in total. The van der Waals surface area contributed by atoms with Crippen molar-refractivity contribution >= 4 is 11.9 Å². The molecule has 1 amide bonds. The van der Waals surface area contributed by atoms with Crippen LogP contribution >= 0.6 is 0 Å². The van der Waals surface area contributed by atoms with E-state index in [2.05, 4.69) is 10.4 Å². The van der Waals surface area contributed by atoms with E-state index in [1.165, 1.54) is 22.9 Å². The number of aryl methyl sites for hydroxylation is 1. The fourth-order valence-electron chi connectivity index (χ4n) is 3.22. The van der Waals surface area contributed by atoms with Crippen molar-refractivity contribution in [3.05, 3.63) is 77.2 Å². The van der Waals surface area contributed by atoms with Gasteiger partial charge in [-0.2, -0.15) is 9.78 Å². The molecule has 0 saturated heterocycles. The highest BCUT2D eigenvalue weighted by Crippen LogP contribution is 2.25. The van der Waals surface area contributed by atoms with Gasteiger partial charge >= 0.3 is 5.97 Å². The van der Waals surface area contributed by atoms with Crippen LogP contribution in [0.4, 0.5) is 4.39 Å². The lowest BCUT2D eigenvalue weighted by atomic mass is 9.98. The van der Waals surface area contributed by atoms with Crippen LogP contribution in [-0.2, 0) is 4.79 Å². The number of aliphatic carboxylic acids is 1. The number of hydrogen-bond acceptors (Lipinski definition) is 4. The highest BCUT2D eigenvalue weighted by Gasteiger charge is 2.24. The fourth-order valence-corrected chi connectivity index (χ4v) is 3.22. The highest BCUT2D eigenvalue weighted by molar-refractivity contribution is 5.93. The second kappa shape index (κ2) is 9.42. The summed E-state index contributed by atoms with van der Waals surface area (Å²) in [5.74, 6) is -1.95. The normalized spacial score (nSPS) is 11.9. The Morgan fingerprint density at radius 2 is 1.84 bits per heavy atom. The maximum atomic E-state index is 14.3. The Labute approximate surface area is 179 Å². The lowest BCUT2D eigenvalue weighted by Gasteiger charge is -2.18. The molecule has 162 valence electrons. The predicted octanol–water partition coefficient (Wildman–Crippen LogP) is 4.05. The smallest absolute Gasteiger partial charge is 0.305 e. The molecule has 1 atom stereocenters. The van der Waals surface area contributed by atoms with Crippen LogP contribution in [0.15, 0.2) is 54.6 Å². The lowest BCUT2D eigenvalue weighted by Crippen LogP contribution is -2.31. The number of carboxylic acids is 1. The number of hydrogen-bond donors (Lipinski definition) is 2. The Morgan fingerprint density at radius 3 is 2.48 bits per heavy atom. The van der Waals surface area contributed by atoms with Gasteiger partial charge in [0.1, 0.15) is 11.5 Å². The summed E-state index contributed by atoms with van der Waals surface area (Å²) in [6, 6.07) is 13.9. The van der Waals surface area contributed by atoms with Gasteiger partial charge in [-0.3, -0.25) is 9.59 Å². The van der Waals surface area contributed by atoms with Crippen molar-refractivity contribution in [2.24, 2.45) is 0 Å². The first-order valence-electron chi connectivity index (χ1n) is 9.86. The summed E-state index contributed by atoms with van der Waals surface area (Å²) in [7, 11) is 0. The highest BCUT2D eigenvalue weighted by atomic mass is 19.1. The molecule has 1 aromatic heterocycles. The van der Waals surface area contributed by atoms with Crippen LogP contribution in [0.1, 0.15) is 47.9 Å². The maximum absolute atomic E-state index is 14.3. The molecule has 0 radical (unpaired) electrons. The molecule has 0 saturated carbocycles. The first-order valence-corrected chi connectivity index (χ1v) is 9.86. The molecule has 2 N–H and O–H groups in total. The van der Waals surface area contributed by atoms with Crippen molar-refractivity contribution in [2.75, 3.05) is 0 Å². The van der Waals surface area contributed by atoms with Gasteiger partial charge in [-0.15, -0.1) is 0 Å². The Balaban J connectivity index is 1.95. The van der Waals surface area contributed by atoms with Crippen LogP contribution in [0.2, 0.25) is 0 Å². The van der Waals surface area contributed by atoms with E-state index in [0.717, 1.165) is 5.56 Å². The minimum atomic E-state index is -1.05. The lowest BCUT2D eigenvalue weighted by molar-refractivity contribution is -0.137. The molecule has 0 aliphatic rings. The van der Waals surface area contributed by atoms with E-state index in [1.54, 1.807) is 38.1 Å². The van der Waals surface area contributed by atoms with Gasteiger partial charge in [0.05, 0.1) is 18.6 Å². The Hall–Kier alpha value is -3.68. The molecule has 8 heteroatoms. The average molecular weight is 425 g/mol. The van der Waals surface area contributed by atoms with Crippen molar-refractivity contribution in [3.8, 4) is 11.6 Å². The minimum Gasteiger partial charge on any atom is -0.481 e. The van der Waals surface area contributed by atoms with Gasteiger partial charge in [0.25, 0.3) is 5.91 Å². The van der Waals surface area contributed by atoms with Crippen LogP contribution in [0.5, 0.6) is 5.88 Å². The molecule has 3 rings (SSSR count). The predicted molar refractivity (Wildman–Crippen MR) is 113 cm³/mol. The number of benzene rings is 2. The van der Waals surface area contributed by atoms with Crippen LogP contribution in [-0.4, -0.2) is 32.9 Å². The summed E-state index contributed by atoms with van der Waals surface area (Å²) in [6.07, 6.45) is -0.523. The number of halogens is 1. The number of carbonyl (C=O) groups is 2. The molecule has 0 bridgehead atoms. The van der Waals surface area contributed by atoms with Crippen molar-refractivity contribution in [1.82, 2.24) is 15.1 Å². The molecule has 2 aromatic carbocycles. The Morgan fingerprint density at radius 1 is 1.16 bits per heavy atom. The zero-order valence-electron chi connectivity index (χ0n) is 17.5. The van der Waals surface area contributed by atoms with Gasteiger partial charge in [-0.25, -0.2) is 4.39 Å². The third kappa shape index (κ3) is 5.28. The van der Waals surface area contributed by atoms with E-state index in [1.807, 2.05) is 19.1 Å². The molecule has 0 aliphatic heterocycles. The van der Waals surface area contributed by atoms with E-state index in [9.17, 15) is 19.1 Å². The number of nitrogens with one attached hydrogen (secondary N) is 1. The number of nitrogens with zero attached hydrogens (tertiary/aromatic N) is 2. The summed E-state index contributed by atoms with van der Waals surface area (Å²) in [5, 5.41) is 16.3. The number of ether oxygens (including phenoxy) is 1. The number of para-hydroxylation sites is 1. The molecule has 0 unspecified atom stereocenters. The first-order chi connectivity index (χ1) is 14.8. The second-order valence-electron chi connectivity index (χ2n) is 7.38. The second-order valence-corrected chi connectivity index (χ2v) is 7.38. The van der Waals surface area contributed by atoms with E-state index in [4.69, 9.17) is 4.74 Å². The van der Waals surface area contributed by atoms with Crippen LogP contribution in [0.25, 0.3) is 5.69 Å². The van der Waals surface area contributed by atoms with E-state index in [-0.39, 0.29) is 29.8 Å². The standard InChI is InChI=1S/C23H24FN3O4/c1-14(2)31-21-12-19(26-27(21)20-11-7-6-10-17(20)24)23(30)25-18(13-22(28)29)16-9-5-4-8-15(16)3/h4-12,14,18H,13H2,1-3H3,(H,25,30)(H,28,29)/t18-/m0/s1. The van der Waals surface area contributed by atoms with Gasteiger partial charge in [-0.1, -0.05) is 36.4 Å². The van der Waals surface area contributed by atoms with Crippen LogP contribution in [0.3, 0.4) is 0 Å². The summed E-state index contributed by atoms with van der Waals surface area (Å²) < 4.78 is 21.3. The number of carbonyl (C=O) groups excluding carboxylic acids is 1. The van der Waals surface area contributed by atoms with Gasteiger partial charge in [0.15, 0.2) is 5.69 Å². The summed E-state index contributed by atoms with van der Waals surface area (Å²) in [5.41, 5.74) is 1.68. The number of rotatable bonds is 8. The summed E-state index contributed by atoms with van der Waals surface area (Å²) >= 11 is 0. The molecule has 3 aromatic rings. The van der Waals surface area contributed by atoms with Crippen molar-refractivity contribution in [3.63, 3.8) is 0 Å². The minimum absolute atomic E-state index is 0.0112. The first kappa shape index (κ1) is 22.0. The Bertz CT molecular complexity index is 1090. The maximum Gasteiger partial charge on any atom is 0.305 e. The van der Waals surface area contributed by atoms with Crippen LogP contribution in [0, 0.1) is 12.7 Å². The summed E-state index contributed by atoms with van der Waals surface area (Å²) in [6.45, 7) is 5.46. The molecule has 0 fully saturated rings. The molecule has 0 aliphatic carbocycles. The average Bonchev–Trinajstić information content (AvgIpc) is 3.11. The molecule has 0 spiro atoms. The van der Waals surface area contributed by atoms with Gasteiger partial charge < -0.3 is 15.2 Å². The largest absolute Gasteiger partial charge is 0.481 e. The fraction of sp³-hybridized carbons (Fsp3) is 0.261. The van der Waals surface area contributed by atoms with Crippen molar-refractivity contribution < 1.29 is 23.8 Å². The van der Waals surface area contributed by atoms with Gasteiger partial charge in [0, 0.05) is 6.07 Å². The SMILES string of the molecule is Cc1ccccc1[C@H](CC(=O)O)NC(=O)c1cc(OC(C)C)n(-c2ccccc2F)n1.